The summed E-state index contributed by atoms with van der Waals surface area (Å²) in [6, 6.07) is 0. The Morgan fingerprint density at radius 1 is 1.67 bits per heavy atom. The van der Waals surface area contributed by atoms with E-state index in [0.717, 1.165) is 24.8 Å². The van der Waals surface area contributed by atoms with Gasteiger partial charge in [-0.1, -0.05) is 16.9 Å². The number of carbonyl (C=O) groups excluding carboxylic acids is 1. The van der Waals surface area contributed by atoms with Gasteiger partial charge in [0.15, 0.2) is 5.78 Å². The lowest BCUT2D eigenvalue weighted by Gasteiger charge is -2.19. The summed E-state index contributed by atoms with van der Waals surface area (Å²) >= 11 is 4.10. The molecule has 1 aliphatic carbocycles. The molecule has 0 bridgehead atoms. The number of carbonyl (C=O) groups is 1. The fraction of sp³-hybridized carbons (Fsp3) is 0.667. The van der Waals surface area contributed by atoms with E-state index in [2.05, 4.69) is 17.7 Å². The lowest BCUT2D eigenvalue weighted by atomic mass is 10.00. The van der Waals surface area contributed by atoms with Crippen molar-refractivity contribution in [3.63, 3.8) is 0 Å². The summed E-state index contributed by atoms with van der Waals surface area (Å²) in [5.41, 5.74) is 1.00. The summed E-state index contributed by atoms with van der Waals surface area (Å²) in [6.07, 6.45) is 5.22. The third-order valence-electron chi connectivity index (χ3n) is 2.11. The molecule has 1 nitrogen and oxygen atoms in total. The normalized spacial score (nSPS) is 17.8. The second-order valence-electron chi connectivity index (χ2n) is 3.55. The maximum Gasteiger partial charge on any atom is 0.174 e. The Kier molecular flexibility index (Phi) is 3.29. The number of hydrogen-bond acceptors (Lipinski definition) is 3. The minimum atomic E-state index is -0.362. The van der Waals surface area contributed by atoms with Crippen molar-refractivity contribution in [3.05, 3.63) is 11.6 Å². The molecule has 0 fully saturated rings. The quantitative estimate of drug-likeness (QED) is 0.559. The zero-order valence-corrected chi connectivity index (χ0v) is 9.17. The van der Waals surface area contributed by atoms with Crippen LogP contribution in [0, 0.1) is 0 Å². The smallest absolute Gasteiger partial charge is 0.174 e. The first-order chi connectivity index (χ1) is 5.58. The van der Waals surface area contributed by atoms with Crippen molar-refractivity contribution in [2.24, 2.45) is 0 Å². The molecule has 0 heterocycles. The van der Waals surface area contributed by atoms with E-state index in [1.165, 1.54) is 10.8 Å². The van der Waals surface area contributed by atoms with Gasteiger partial charge in [0.25, 0.3) is 0 Å². The van der Waals surface area contributed by atoms with Crippen LogP contribution in [0.3, 0.4) is 0 Å². The van der Waals surface area contributed by atoms with Gasteiger partial charge in [-0.05, 0) is 38.7 Å². The van der Waals surface area contributed by atoms with Gasteiger partial charge in [-0.2, -0.15) is 0 Å². The van der Waals surface area contributed by atoms with E-state index in [1.807, 2.05) is 13.8 Å². The molecule has 0 aromatic carbocycles. The first kappa shape index (κ1) is 10.2. The summed E-state index contributed by atoms with van der Waals surface area (Å²) < 4.78 is -0.362. The van der Waals surface area contributed by atoms with Gasteiger partial charge >= 0.3 is 0 Å². The summed E-state index contributed by atoms with van der Waals surface area (Å²) in [6.45, 7) is 3.85. The predicted molar refractivity (Wildman–Crippen MR) is 57.6 cm³/mol. The molecule has 0 amide bonds. The standard InChI is InChI=1S/C9H14OS2/c1-9(2,12-11)8(10)7-5-3-4-6-7/h5,11H,3-4,6H2,1-2H3. The Bertz CT molecular complexity index is 219. The van der Waals surface area contributed by atoms with Crippen molar-refractivity contribution in [2.45, 2.75) is 37.9 Å². The lowest BCUT2D eigenvalue weighted by molar-refractivity contribution is -0.117. The van der Waals surface area contributed by atoms with Crippen molar-refractivity contribution in [1.82, 2.24) is 0 Å². The predicted octanol–water partition coefficient (Wildman–Crippen LogP) is 3.02. The molecule has 0 aromatic heterocycles. The van der Waals surface area contributed by atoms with Crippen molar-refractivity contribution < 1.29 is 4.79 Å². The molecule has 0 saturated heterocycles. The van der Waals surface area contributed by atoms with E-state index >= 15 is 0 Å². The molecule has 0 radical (unpaired) electrons. The highest BCUT2D eigenvalue weighted by atomic mass is 33.1. The molecular formula is C9H14OS2. The molecule has 3 heteroatoms. The van der Waals surface area contributed by atoms with E-state index in [4.69, 9.17) is 0 Å². The Morgan fingerprint density at radius 2 is 2.33 bits per heavy atom. The molecule has 12 heavy (non-hydrogen) atoms. The fourth-order valence-electron chi connectivity index (χ4n) is 1.31. The Hall–Kier alpha value is 0.110. The lowest BCUT2D eigenvalue weighted by Crippen LogP contribution is -2.27. The molecule has 68 valence electrons. The molecule has 0 spiro atoms. The number of Topliss-reactive ketones (excluding diaryl/α,β-unsaturated/α-hetero) is 1. The van der Waals surface area contributed by atoms with Crippen LogP contribution >= 0.6 is 22.5 Å². The molecular weight excluding hydrogens is 188 g/mol. The van der Waals surface area contributed by atoms with Gasteiger partial charge in [-0.25, -0.2) is 0 Å². The van der Waals surface area contributed by atoms with Crippen LogP contribution in [0.5, 0.6) is 0 Å². The van der Waals surface area contributed by atoms with E-state index in [1.54, 1.807) is 0 Å². The minimum Gasteiger partial charge on any atom is -0.293 e. The molecule has 1 aliphatic rings. The maximum atomic E-state index is 11.8. The number of hydrogen-bond donors (Lipinski definition) is 1. The Morgan fingerprint density at radius 3 is 2.75 bits per heavy atom. The third-order valence-corrected chi connectivity index (χ3v) is 4.12. The van der Waals surface area contributed by atoms with E-state index in [9.17, 15) is 4.79 Å². The molecule has 1 rings (SSSR count). The molecule has 0 unspecified atom stereocenters. The maximum absolute atomic E-state index is 11.8. The summed E-state index contributed by atoms with van der Waals surface area (Å²) in [5, 5.41) is 0. The second-order valence-corrected chi connectivity index (χ2v) is 5.30. The van der Waals surface area contributed by atoms with Gasteiger partial charge in [0.1, 0.15) is 0 Å². The highest BCUT2D eigenvalue weighted by Gasteiger charge is 2.30. The Labute approximate surface area is 82.8 Å². The molecule has 0 aromatic rings. The monoisotopic (exact) mass is 202 g/mol. The molecule has 0 atom stereocenters. The van der Waals surface area contributed by atoms with Gasteiger partial charge in [-0.15, -0.1) is 11.7 Å². The van der Waals surface area contributed by atoms with Crippen LogP contribution in [0.25, 0.3) is 0 Å². The third kappa shape index (κ3) is 2.07. The topological polar surface area (TPSA) is 17.1 Å². The van der Waals surface area contributed by atoms with Gasteiger partial charge in [-0.3, -0.25) is 4.79 Å². The van der Waals surface area contributed by atoms with E-state index < -0.39 is 0 Å². The molecule has 0 saturated carbocycles. The summed E-state index contributed by atoms with van der Waals surface area (Å²) in [4.78, 5) is 11.8. The van der Waals surface area contributed by atoms with Crippen LogP contribution in [0.4, 0.5) is 0 Å². The van der Waals surface area contributed by atoms with Crippen LogP contribution in [0.2, 0.25) is 0 Å². The highest BCUT2D eigenvalue weighted by molar-refractivity contribution is 8.69. The molecule has 0 N–H and O–H groups in total. The van der Waals surface area contributed by atoms with Gasteiger partial charge in [0.05, 0.1) is 4.75 Å². The van der Waals surface area contributed by atoms with Crippen LogP contribution in [0.1, 0.15) is 33.1 Å². The van der Waals surface area contributed by atoms with Gasteiger partial charge < -0.3 is 0 Å². The van der Waals surface area contributed by atoms with Crippen LogP contribution in [-0.2, 0) is 4.79 Å². The Balaban J connectivity index is 2.70. The van der Waals surface area contributed by atoms with Crippen LogP contribution < -0.4 is 0 Å². The number of allylic oxidation sites excluding steroid dienone is 2. The largest absolute Gasteiger partial charge is 0.293 e. The average Bonchev–Trinajstić information content (AvgIpc) is 2.55. The average molecular weight is 202 g/mol. The van der Waals surface area contributed by atoms with Crippen LogP contribution in [0.15, 0.2) is 11.6 Å². The second kappa shape index (κ2) is 3.88. The van der Waals surface area contributed by atoms with Crippen LogP contribution in [-0.4, -0.2) is 10.5 Å². The van der Waals surface area contributed by atoms with Gasteiger partial charge in [0.2, 0.25) is 0 Å². The highest BCUT2D eigenvalue weighted by Crippen LogP contribution is 2.33. The van der Waals surface area contributed by atoms with Gasteiger partial charge in [0, 0.05) is 0 Å². The van der Waals surface area contributed by atoms with Crippen molar-refractivity contribution in [3.8, 4) is 0 Å². The number of ketones is 1. The first-order valence-corrected chi connectivity index (χ1v) is 6.01. The number of rotatable bonds is 3. The van der Waals surface area contributed by atoms with E-state index in [0.29, 0.717) is 0 Å². The summed E-state index contributed by atoms with van der Waals surface area (Å²) in [5.74, 6) is 0.250. The van der Waals surface area contributed by atoms with Crippen molar-refractivity contribution >= 4 is 28.2 Å². The SMILES string of the molecule is CC(C)(SS)C(=O)C1=CCCC1. The number of thiol groups is 1. The zero-order valence-electron chi connectivity index (χ0n) is 7.46. The first-order valence-electron chi connectivity index (χ1n) is 4.14. The molecule has 0 aliphatic heterocycles. The minimum absolute atomic E-state index is 0.250. The van der Waals surface area contributed by atoms with Crippen molar-refractivity contribution in [1.29, 1.82) is 0 Å². The van der Waals surface area contributed by atoms with E-state index in [-0.39, 0.29) is 10.5 Å². The fourth-order valence-corrected chi connectivity index (χ4v) is 1.77. The van der Waals surface area contributed by atoms with Crippen molar-refractivity contribution in [2.75, 3.05) is 0 Å². The summed E-state index contributed by atoms with van der Waals surface area (Å²) in [7, 11) is 1.33. The zero-order chi connectivity index (χ0) is 9.19.